The van der Waals surface area contributed by atoms with Gasteiger partial charge in [0.1, 0.15) is 0 Å². The van der Waals surface area contributed by atoms with Crippen molar-refractivity contribution in [2.24, 2.45) is 0 Å². The summed E-state index contributed by atoms with van der Waals surface area (Å²) in [6.45, 7) is 6.36. The normalized spacial score (nSPS) is 15.3. The molecule has 0 spiro atoms. The summed E-state index contributed by atoms with van der Waals surface area (Å²) < 4.78 is 2.62. The van der Waals surface area contributed by atoms with Gasteiger partial charge in [0.25, 0.3) is 0 Å². The molecule has 0 N–H and O–H groups in total. The van der Waals surface area contributed by atoms with Gasteiger partial charge in [-0.2, -0.15) is 0 Å². The Kier molecular flexibility index (Phi) is 5.05. The fourth-order valence-corrected chi connectivity index (χ4v) is 7.06. The Morgan fingerprint density at radius 1 is 1.00 bits per heavy atom. The zero-order chi connectivity index (χ0) is 19.1. The van der Waals surface area contributed by atoms with E-state index < -0.39 is 0 Å². The third-order valence-corrected chi connectivity index (χ3v) is 8.23. The van der Waals surface area contributed by atoms with Crippen LogP contribution in [0.3, 0.4) is 0 Å². The van der Waals surface area contributed by atoms with Crippen LogP contribution in [0.2, 0.25) is 0 Å². The van der Waals surface area contributed by atoms with Gasteiger partial charge >= 0.3 is 153 Å². The molecular formula is C23H28N2OSe. The van der Waals surface area contributed by atoms with Gasteiger partial charge in [0.15, 0.2) is 0 Å². The van der Waals surface area contributed by atoms with Crippen molar-refractivity contribution in [3.63, 3.8) is 0 Å². The van der Waals surface area contributed by atoms with Crippen molar-refractivity contribution in [1.82, 2.24) is 0 Å². The van der Waals surface area contributed by atoms with E-state index in [1.54, 1.807) is 0 Å². The molecule has 0 amide bonds. The predicted octanol–water partition coefficient (Wildman–Crippen LogP) is 4.20. The molecule has 0 bridgehead atoms. The maximum absolute atomic E-state index is 13.2. The van der Waals surface area contributed by atoms with Crippen LogP contribution in [-0.4, -0.2) is 41.7 Å². The van der Waals surface area contributed by atoms with Gasteiger partial charge in [0.2, 0.25) is 0 Å². The third-order valence-electron chi connectivity index (χ3n) is 5.66. The summed E-state index contributed by atoms with van der Waals surface area (Å²) in [6.07, 6.45) is 4.70. The van der Waals surface area contributed by atoms with Gasteiger partial charge in [-0.1, -0.05) is 13.8 Å². The van der Waals surface area contributed by atoms with Crippen LogP contribution in [0.1, 0.15) is 37.8 Å². The zero-order valence-electron chi connectivity index (χ0n) is 16.8. The Balaban J connectivity index is 0.000000872. The van der Waals surface area contributed by atoms with E-state index in [0.29, 0.717) is 0 Å². The number of rotatable bonds is 1. The van der Waals surface area contributed by atoms with Crippen LogP contribution in [0.25, 0.3) is 19.3 Å². The number of hydrogen-bond acceptors (Lipinski definition) is 3. The Labute approximate surface area is 167 Å². The Hall–Kier alpha value is -1.77. The van der Waals surface area contributed by atoms with E-state index in [1.807, 2.05) is 19.9 Å². The average molecular weight is 427 g/mol. The van der Waals surface area contributed by atoms with Gasteiger partial charge in [-0.25, -0.2) is 0 Å². The van der Waals surface area contributed by atoms with Gasteiger partial charge in [-0.05, 0) is 0 Å². The van der Waals surface area contributed by atoms with Gasteiger partial charge in [0, 0.05) is 0 Å². The van der Waals surface area contributed by atoms with E-state index in [0.717, 1.165) is 23.6 Å². The molecule has 2 aromatic carbocycles. The molecule has 1 aromatic heterocycles. The van der Waals surface area contributed by atoms with Crippen LogP contribution < -0.4 is 15.2 Å². The maximum atomic E-state index is 13.2. The molecule has 2 aliphatic heterocycles. The van der Waals surface area contributed by atoms with E-state index in [1.165, 1.54) is 57.0 Å². The van der Waals surface area contributed by atoms with E-state index in [-0.39, 0.29) is 19.9 Å². The van der Waals surface area contributed by atoms with Crippen LogP contribution in [0.4, 0.5) is 11.4 Å². The van der Waals surface area contributed by atoms with Crippen molar-refractivity contribution in [2.45, 2.75) is 39.5 Å². The number of aryl methyl sites for hydroxylation is 2. The molecule has 0 aliphatic carbocycles. The van der Waals surface area contributed by atoms with Crippen molar-refractivity contribution < 1.29 is 0 Å². The molecule has 0 fully saturated rings. The third kappa shape index (κ3) is 2.99. The number of fused-ring (bicyclic) bond motifs is 3. The van der Waals surface area contributed by atoms with E-state index in [4.69, 9.17) is 0 Å². The quantitative estimate of drug-likeness (QED) is 0.430. The Morgan fingerprint density at radius 3 is 2.48 bits per heavy atom. The van der Waals surface area contributed by atoms with Crippen molar-refractivity contribution in [1.29, 1.82) is 0 Å². The summed E-state index contributed by atoms with van der Waals surface area (Å²) in [6, 6.07) is 8.57. The number of nitrogens with zero attached hydrogens (tertiary/aromatic N) is 2. The molecule has 0 atom stereocenters. The molecule has 2 aliphatic rings. The molecule has 0 unspecified atom stereocenters. The monoisotopic (exact) mass is 428 g/mol. The Bertz CT molecular complexity index is 1070. The summed E-state index contributed by atoms with van der Waals surface area (Å²) in [5.74, 6) is 0. The predicted molar refractivity (Wildman–Crippen MR) is 119 cm³/mol. The number of benzene rings is 2. The molecular weight excluding hydrogens is 399 g/mol. The molecule has 3 heterocycles. The van der Waals surface area contributed by atoms with E-state index in [2.05, 4.69) is 42.1 Å². The van der Waals surface area contributed by atoms with Crippen LogP contribution in [-0.2, 0) is 12.8 Å². The molecule has 3 aromatic rings. The number of anilines is 2. The molecule has 27 heavy (non-hydrogen) atoms. The zero-order valence-corrected chi connectivity index (χ0v) is 18.5. The standard InChI is InChI=1S/C21H22N2OSe.C2H6/c1-22(2)14-7-8-15-18(12-14)25-21-16-6-4-10-23-9-3-5-13(19(16)23)11-17(21)20(15)24;1-2/h7-8,11-12H,3-6,9-10H2,1-2H3;1-2H3. The van der Waals surface area contributed by atoms with Gasteiger partial charge in [-0.3, -0.25) is 0 Å². The summed E-state index contributed by atoms with van der Waals surface area (Å²) in [7, 11) is 4.12. The molecule has 0 saturated heterocycles. The van der Waals surface area contributed by atoms with Gasteiger partial charge in [0.05, 0.1) is 0 Å². The average Bonchev–Trinajstić information content (AvgIpc) is 2.70. The van der Waals surface area contributed by atoms with Crippen LogP contribution >= 0.6 is 0 Å². The molecule has 5 rings (SSSR count). The summed E-state index contributed by atoms with van der Waals surface area (Å²) in [5, 5.41) is 1.93. The minimum atomic E-state index is 0.218. The molecule has 3 nitrogen and oxygen atoms in total. The van der Waals surface area contributed by atoms with E-state index in [9.17, 15) is 4.79 Å². The topological polar surface area (TPSA) is 23.6 Å². The van der Waals surface area contributed by atoms with Crippen LogP contribution in [0.5, 0.6) is 0 Å². The van der Waals surface area contributed by atoms with Gasteiger partial charge in [-0.15, -0.1) is 0 Å². The van der Waals surface area contributed by atoms with Gasteiger partial charge < -0.3 is 0 Å². The first kappa shape index (κ1) is 18.6. The summed E-state index contributed by atoms with van der Waals surface area (Å²) >= 11 is 0.218. The van der Waals surface area contributed by atoms with Crippen molar-refractivity contribution in [2.75, 3.05) is 37.0 Å². The van der Waals surface area contributed by atoms with E-state index >= 15 is 0 Å². The van der Waals surface area contributed by atoms with Crippen LogP contribution in [0, 0.1) is 0 Å². The minimum absolute atomic E-state index is 0.218. The van der Waals surface area contributed by atoms with Crippen LogP contribution in [0.15, 0.2) is 29.1 Å². The summed E-state index contributed by atoms with van der Waals surface area (Å²) in [4.78, 5) is 17.9. The fourth-order valence-electron chi connectivity index (χ4n) is 4.43. The molecule has 0 saturated carbocycles. The summed E-state index contributed by atoms with van der Waals surface area (Å²) in [5.41, 5.74) is 5.82. The first-order chi connectivity index (χ1) is 13.1. The Morgan fingerprint density at radius 2 is 1.74 bits per heavy atom. The first-order valence-corrected chi connectivity index (χ1v) is 11.8. The van der Waals surface area contributed by atoms with Crippen molar-refractivity contribution >= 4 is 45.2 Å². The second-order valence-electron chi connectivity index (χ2n) is 7.44. The van der Waals surface area contributed by atoms with Crippen molar-refractivity contribution in [3.8, 4) is 0 Å². The van der Waals surface area contributed by atoms with Crippen molar-refractivity contribution in [3.05, 3.63) is 45.6 Å². The number of hydrogen-bond donors (Lipinski definition) is 0. The SMILES string of the molecule is CC.CN(C)c1ccc2c(=O)c3cc4c5c(c3[se]c2c1)CCCN5CCC4. The second kappa shape index (κ2) is 7.33. The molecule has 4 heteroatoms. The first-order valence-electron chi connectivity index (χ1n) is 10.1. The fraction of sp³-hybridized carbons (Fsp3) is 0.435. The second-order valence-corrected chi connectivity index (χ2v) is 9.65. The molecule has 142 valence electrons. The molecule has 0 radical (unpaired) electrons.